The molecule has 0 bridgehead atoms. The number of carbonyl (C=O) groups is 2. The first-order chi connectivity index (χ1) is 16.5. The number of rotatable bonds is 6. The molecule has 2 N–H and O–H groups in total. The summed E-state index contributed by atoms with van der Waals surface area (Å²) in [7, 11) is 0. The minimum absolute atomic E-state index is 0.338. The van der Waals surface area contributed by atoms with Gasteiger partial charge in [-0.15, -0.1) is 0 Å². The first-order valence-electron chi connectivity index (χ1n) is 10.0. The molecule has 0 amide bonds. The standard InChI is InChI=1S/C18H18F7N5O6/c1-6(31)34-11-9(19)10(12(18(23,24)25)35-7(2)32)36-14(11)30-13-8(5-27-15(26)28-13)29(16(30)33)4-3-17(20,21)22/h5,9-12,14H,3-4H2,1-2H3,(H2,26,27,28)/t9-,10-,11+,12?,14+/m0/s1. The highest BCUT2D eigenvalue weighted by Crippen LogP contribution is 2.41. The van der Waals surface area contributed by atoms with E-state index in [9.17, 15) is 40.7 Å². The van der Waals surface area contributed by atoms with E-state index in [-0.39, 0.29) is 5.52 Å². The molecule has 0 spiro atoms. The fourth-order valence-electron chi connectivity index (χ4n) is 3.67. The Labute approximate surface area is 195 Å². The zero-order chi connectivity index (χ0) is 27.2. The largest absolute Gasteiger partial charge is 0.454 e. The molecule has 3 rings (SSSR count). The van der Waals surface area contributed by atoms with E-state index in [4.69, 9.17) is 15.2 Å². The Hall–Kier alpha value is -3.44. The Bertz CT molecular complexity index is 1210. The fraction of sp³-hybridized carbons (Fsp3) is 0.611. The third kappa shape index (κ3) is 5.52. The first-order valence-corrected chi connectivity index (χ1v) is 10.0. The van der Waals surface area contributed by atoms with E-state index in [0.717, 1.165) is 13.1 Å². The van der Waals surface area contributed by atoms with Gasteiger partial charge in [-0.05, 0) is 0 Å². The molecule has 0 saturated carbocycles. The SMILES string of the molecule is CC(=O)OC([C@H]1O[C@@H](n2c(=O)n(CCC(F)(F)F)c3cnc(N)nc32)[C@H](OC(C)=O)[C@H]1F)C(F)(F)F. The summed E-state index contributed by atoms with van der Waals surface area (Å²) in [5.41, 5.74) is 3.31. The van der Waals surface area contributed by atoms with E-state index in [1.807, 2.05) is 0 Å². The van der Waals surface area contributed by atoms with Crippen LogP contribution in [0, 0.1) is 0 Å². The molecule has 1 aliphatic heterocycles. The molecule has 200 valence electrons. The Morgan fingerprint density at radius 1 is 1.19 bits per heavy atom. The Kier molecular flexibility index (Phi) is 7.20. The topological polar surface area (TPSA) is 141 Å². The zero-order valence-electron chi connectivity index (χ0n) is 18.3. The summed E-state index contributed by atoms with van der Waals surface area (Å²) >= 11 is 0. The number of nitrogens with zero attached hydrogens (tertiary/aromatic N) is 4. The molecule has 36 heavy (non-hydrogen) atoms. The summed E-state index contributed by atoms with van der Waals surface area (Å²) in [5, 5.41) is 0. The minimum Gasteiger partial charge on any atom is -0.454 e. The smallest absolute Gasteiger partial charge is 0.428 e. The molecule has 0 aromatic carbocycles. The Balaban J connectivity index is 2.18. The number of ether oxygens (including phenoxy) is 3. The predicted octanol–water partition coefficient (Wildman–Crippen LogP) is 1.79. The molecule has 11 nitrogen and oxygen atoms in total. The number of nitrogens with two attached hydrogens (primary N) is 1. The fourth-order valence-corrected chi connectivity index (χ4v) is 3.67. The van der Waals surface area contributed by atoms with E-state index in [1.54, 1.807) is 0 Å². The van der Waals surface area contributed by atoms with E-state index in [1.165, 1.54) is 0 Å². The van der Waals surface area contributed by atoms with E-state index >= 15 is 4.39 Å². The van der Waals surface area contributed by atoms with Crippen molar-refractivity contribution in [3.8, 4) is 0 Å². The number of anilines is 1. The first kappa shape index (κ1) is 27.2. The number of alkyl halides is 7. The Morgan fingerprint density at radius 2 is 1.83 bits per heavy atom. The number of hydrogen-bond acceptors (Lipinski definition) is 9. The molecular formula is C18H18F7N5O6. The number of aromatic nitrogens is 4. The number of esters is 2. The van der Waals surface area contributed by atoms with Gasteiger partial charge in [0.15, 0.2) is 24.2 Å². The third-order valence-corrected chi connectivity index (χ3v) is 5.02. The third-order valence-electron chi connectivity index (χ3n) is 5.02. The number of halogens is 7. The highest BCUT2D eigenvalue weighted by molar-refractivity contribution is 5.72. The normalized spacial score (nSPS) is 23.6. The lowest BCUT2D eigenvalue weighted by Gasteiger charge is -2.26. The van der Waals surface area contributed by atoms with Gasteiger partial charge in [-0.25, -0.2) is 18.7 Å². The van der Waals surface area contributed by atoms with Crippen LogP contribution in [0.4, 0.5) is 36.7 Å². The molecule has 5 atom stereocenters. The molecule has 0 radical (unpaired) electrons. The molecular weight excluding hydrogens is 515 g/mol. The summed E-state index contributed by atoms with van der Waals surface area (Å²) in [4.78, 5) is 43.2. The van der Waals surface area contributed by atoms with Crippen molar-refractivity contribution >= 4 is 29.1 Å². The highest BCUT2D eigenvalue weighted by atomic mass is 19.4. The second kappa shape index (κ2) is 9.55. The molecule has 18 heteroatoms. The van der Waals surface area contributed by atoms with Crippen LogP contribution in [0.3, 0.4) is 0 Å². The van der Waals surface area contributed by atoms with Gasteiger partial charge in [0.1, 0.15) is 11.6 Å². The van der Waals surface area contributed by atoms with Gasteiger partial charge in [-0.3, -0.25) is 14.2 Å². The van der Waals surface area contributed by atoms with Gasteiger partial charge < -0.3 is 19.9 Å². The summed E-state index contributed by atoms with van der Waals surface area (Å²) in [6.45, 7) is 0.450. The lowest BCUT2D eigenvalue weighted by Crippen LogP contribution is -2.47. The summed E-state index contributed by atoms with van der Waals surface area (Å²) in [6, 6.07) is 0. The average molecular weight is 533 g/mol. The van der Waals surface area contributed by atoms with Gasteiger partial charge in [-0.1, -0.05) is 0 Å². The molecule has 1 aliphatic rings. The van der Waals surface area contributed by atoms with Crippen LogP contribution in [0.5, 0.6) is 0 Å². The summed E-state index contributed by atoms with van der Waals surface area (Å²) < 4.78 is 109. The van der Waals surface area contributed by atoms with E-state index in [0.29, 0.717) is 16.1 Å². The zero-order valence-corrected chi connectivity index (χ0v) is 18.3. The van der Waals surface area contributed by atoms with E-state index in [2.05, 4.69) is 14.7 Å². The number of imidazole rings is 1. The lowest BCUT2D eigenvalue weighted by atomic mass is 10.1. The van der Waals surface area contributed by atoms with Crippen LogP contribution < -0.4 is 11.4 Å². The van der Waals surface area contributed by atoms with Crippen molar-refractivity contribution in [2.45, 2.75) is 69.9 Å². The maximum atomic E-state index is 15.3. The van der Waals surface area contributed by atoms with Crippen LogP contribution in [0.2, 0.25) is 0 Å². The maximum Gasteiger partial charge on any atom is 0.428 e. The monoisotopic (exact) mass is 533 g/mol. The van der Waals surface area contributed by atoms with Crippen LogP contribution in [0.25, 0.3) is 11.2 Å². The summed E-state index contributed by atoms with van der Waals surface area (Å²) in [6.07, 6.45) is -23.7. The van der Waals surface area contributed by atoms with Crippen molar-refractivity contribution in [1.82, 2.24) is 19.1 Å². The second-order valence-corrected chi connectivity index (χ2v) is 7.69. The van der Waals surface area contributed by atoms with Gasteiger partial charge in [0, 0.05) is 20.4 Å². The van der Waals surface area contributed by atoms with Crippen molar-refractivity contribution in [3.05, 3.63) is 16.7 Å². The molecule has 1 saturated heterocycles. The molecule has 0 aliphatic carbocycles. The number of nitrogen functional groups attached to an aromatic ring is 1. The number of aryl methyl sites for hydroxylation is 1. The Morgan fingerprint density at radius 3 is 2.36 bits per heavy atom. The van der Waals surface area contributed by atoms with Gasteiger partial charge in [-0.2, -0.15) is 31.3 Å². The van der Waals surface area contributed by atoms with Crippen molar-refractivity contribution in [1.29, 1.82) is 0 Å². The quantitative estimate of drug-likeness (QED) is 0.435. The van der Waals surface area contributed by atoms with Gasteiger partial charge in [0.05, 0.1) is 12.6 Å². The molecule has 1 fully saturated rings. The number of hydrogen-bond donors (Lipinski definition) is 1. The highest BCUT2D eigenvalue weighted by Gasteiger charge is 2.60. The maximum absolute atomic E-state index is 15.3. The van der Waals surface area contributed by atoms with Crippen LogP contribution in [0.15, 0.2) is 11.0 Å². The van der Waals surface area contributed by atoms with Gasteiger partial charge >= 0.3 is 30.0 Å². The number of carbonyl (C=O) groups excluding carboxylic acids is 2. The molecule has 2 aromatic heterocycles. The van der Waals surface area contributed by atoms with Crippen molar-refractivity contribution in [3.63, 3.8) is 0 Å². The van der Waals surface area contributed by atoms with Gasteiger partial charge in [0.25, 0.3) is 0 Å². The van der Waals surface area contributed by atoms with Gasteiger partial charge in [0.2, 0.25) is 12.1 Å². The predicted molar refractivity (Wildman–Crippen MR) is 103 cm³/mol. The average Bonchev–Trinajstić information content (AvgIpc) is 3.16. The van der Waals surface area contributed by atoms with Crippen LogP contribution >= 0.6 is 0 Å². The molecule has 2 aromatic rings. The van der Waals surface area contributed by atoms with Crippen LogP contribution in [0.1, 0.15) is 26.5 Å². The summed E-state index contributed by atoms with van der Waals surface area (Å²) in [5.74, 6) is -3.12. The van der Waals surface area contributed by atoms with Crippen molar-refractivity contribution in [2.75, 3.05) is 5.73 Å². The molecule has 3 heterocycles. The minimum atomic E-state index is -5.35. The lowest BCUT2D eigenvalue weighted by molar-refractivity contribution is -0.252. The van der Waals surface area contributed by atoms with E-state index < -0.39 is 85.3 Å². The van der Waals surface area contributed by atoms with Crippen LogP contribution in [-0.4, -0.2) is 67.9 Å². The number of fused-ring (bicyclic) bond motifs is 1. The molecule has 1 unspecified atom stereocenters. The van der Waals surface area contributed by atoms with Crippen LogP contribution in [-0.2, 0) is 30.3 Å². The van der Waals surface area contributed by atoms with Crippen molar-refractivity contribution < 1.29 is 54.5 Å². The van der Waals surface area contributed by atoms with Crippen molar-refractivity contribution in [2.24, 2.45) is 0 Å². The second-order valence-electron chi connectivity index (χ2n) is 7.69.